The molecule has 1 unspecified atom stereocenters. The van der Waals surface area contributed by atoms with E-state index in [0.29, 0.717) is 18.7 Å². The molecule has 3 nitrogen and oxygen atoms in total. The molecule has 0 aliphatic carbocycles. The van der Waals surface area contributed by atoms with Crippen molar-refractivity contribution in [2.45, 2.75) is 38.8 Å². The fourth-order valence-electron chi connectivity index (χ4n) is 2.89. The Kier molecular flexibility index (Phi) is 4.97. The minimum atomic E-state index is 0.345. The number of likely N-dealkylation sites (tertiary alicyclic amines) is 1. The van der Waals surface area contributed by atoms with Crippen LogP contribution in [0.25, 0.3) is 0 Å². The summed E-state index contributed by atoms with van der Waals surface area (Å²) in [5.41, 5.74) is 10.1. The predicted molar refractivity (Wildman–Crippen MR) is 79.3 cm³/mol. The lowest BCUT2D eigenvalue weighted by molar-refractivity contribution is 0.0280. The largest absolute Gasteiger partial charge is 0.381 e. The van der Waals surface area contributed by atoms with Gasteiger partial charge in [0.1, 0.15) is 0 Å². The van der Waals surface area contributed by atoms with E-state index in [1.165, 1.54) is 16.7 Å². The summed E-state index contributed by atoms with van der Waals surface area (Å²) in [6.07, 6.45) is 2.64. The normalized spacial score (nSPS) is 19.6. The monoisotopic (exact) mass is 262 g/mol. The maximum absolute atomic E-state index is 6.02. The van der Waals surface area contributed by atoms with Crippen LogP contribution in [-0.4, -0.2) is 37.7 Å². The molecule has 1 fully saturated rings. The Balaban J connectivity index is 2.09. The molecule has 1 aromatic rings. The van der Waals surface area contributed by atoms with E-state index in [0.717, 1.165) is 25.9 Å². The minimum absolute atomic E-state index is 0.345. The molecular weight excluding hydrogens is 236 g/mol. The van der Waals surface area contributed by atoms with E-state index in [1.807, 2.05) is 7.11 Å². The predicted octanol–water partition coefficient (Wildman–Crippen LogP) is 2.41. The van der Waals surface area contributed by atoms with Crippen LogP contribution in [0.3, 0.4) is 0 Å². The van der Waals surface area contributed by atoms with E-state index in [4.69, 9.17) is 10.5 Å². The molecule has 1 atom stereocenters. The van der Waals surface area contributed by atoms with Crippen LogP contribution in [0.5, 0.6) is 0 Å². The molecule has 1 aromatic carbocycles. The van der Waals surface area contributed by atoms with E-state index < -0.39 is 0 Å². The zero-order valence-corrected chi connectivity index (χ0v) is 12.4. The lowest BCUT2D eigenvalue weighted by Crippen LogP contribution is -2.41. The number of hydrogen-bond acceptors (Lipinski definition) is 3. The third kappa shape index (κ3) is 3.35. The summed E-state index contributed by atoms with van der Waals surface area (Å²) < 4.78 is 5.44. The summed E-state index contributed by atoms with van der Waals surface area (Å²) in [6, 6.07) is 7.06. The zero-order chi connectivity index (χ0) is 13.8. The van der Waals surface area contributed by atoms with Gasteiger partial charge in [0.05, 0.1) is 6.10 Å². The molecule has 1 heterocycles. The number of piperidine rings is 1. The summed E-state index contributed by atoms with van der Waals surface area (Å²) >= 11 is 0. The average molecular weight is 262 g/mol. The fraction of sp³-hybridized carbons (Fsp3) is 0.625. The third-order valence-corrected chi connectivity index (χ3v) is 4.39. The number of benzene rings is 1. The molecule has 0 radical (unpaired) electrons. The number of aryl methyl sites for hydroxylation is 2. The smallest absolute Gasteiger partial charge is 0.0595 e. The number of hydrogen-bond donors (Lipinski definition) is 1. The lowest BCUT2D eigenvalue weighted by Gasteiger charge is -2.37. The van der Waals surface area contributed by atoms with E-state index in [9.17, 15) is 0 Å². The van der Waals surface area contributed by atoms with E-state index in [-0.39, 0.29) is 0 Å². The molecule has 1 aliphatic heterocycles. The molecule has 19 heavy (non-hydrogen) atoms. The van der Waals surface area contributed by atoms with Gasteiger partial charge < -0.3 is 10.5 Å². The first kappa shape index (κ1) is 14.5. The number of nitrogens with two attached hydrogens (primary N) is 1. The van der Waals surface area contributed by atoms with E-state index in [1.54, 1.807) is 0 Å². The quantitative estimate of drug-likeness (QED) is 0.905. The first-order valence-corrected chi connectivity index (χ1v) is 7.19. The molecule has 0 amide bonds. The highest BCUT2D eigenvalue weighted by Gasteiger charge is 2.25. The van der Waals surface area contributed by atoms with Crippen LogP contribution >= 0.6 is 0 Å². The third-order valence-electron chi connectivity index (χ3n) is 4.39. The van der Waals surface area contributed by atoms with Crippen LogP contribution in [0.4, 0.5) is 0 Å². The van der Waals surface area contributed by atoms with Crippen LogP contribution in [-0.2, 0) is 4.74 Å². The minimum Gasteiger partial charge on any atom is -0.381 e. The molecule has 1 saturated heterocycles. The van der Waals surface area contributed by atoms with Gasteiger partial charge in [-0.2, -0.15) is 0 Å². The van der Waals surface area contributed by atoms with Gasteiger partial charge in [0, 0.05) is 32.8 Å². The number of rotatable bonds is 4. The van der Waals surface area contributed by atoms with Crippen molar-refractivity contribution in [3.63, 3.8) is 0 Å². The molecule has 3 heteroatoms. The number of ether oxygens (including phenoxy) is 1. The standard InChI is InChI=1S/C16H26N2O/c1-12-4-5-14(10-13(12)2)16(11-17)18-8-6-15(19-3)7-9-18/h4-5,10,15-16H,6-9,11,17H2,1-3H3. The van der Waals surface area contributed by atoms with Crippen LogP contribution in [0.15, 0.2) is 18.2 Å². The van der Waals surface area contributed by atoms with Gasteiger partial charge in [0.25, 0.3) is 0 Å². The van der Waals surface area contributed by atoms with Gasteiger partial charge in [0.2, 0.25) is 0 Å². The van der Waals surface area contributed by atoms with Crippen molar-refractivity contribution in [2.75, 3.05) is 26.7 Å². The van der Waals surface area contributed by atoms with Crippen LogP contribution in [0.2, 0.25) is 0 Å². The molecule has 0 bridgehead atoms. The highest BCUT2D eigenvalue weighted by molar-refractivity contribution is 5.32. The van der Waals surface area contributed by atoms with Gasteiger partial charge >= 0.3 is 0 Å². The Morgan fingerprint density at radius 2 is 1.95 bits per heavy atom. The highest BCUT2D eigenvalue weighted by Crippen LogP contribution is 2.26. The molecule has 2 N–H and O–H groups in total. The number of nitrogens with zero attached hydrogens (tertiary/aromatic N) is 1. The maximum atomic E-state index is 6.02. The van der Waals surface area contributed by atoms with Crippen molar-refractivity contribution >= 4 is 0 Å². The Morgan fingerprint density at radius 1 is 1.26 bits per heavy atom. The summed E-state index contributed by atoms with van der Waals surface area (Å²) in [5.74, 6) is 0. The van der Waals surface area contributed by atoms with E-state index in [2.05, 4.69) is 36.9 Å². The van der Waals surface area contributed by atoms with Crippen LogP contribution in [0.1, 0.15) is 35.6 Å². The van der Waals surface area contributed by atoms with Crippen molar-refractivity contribution in [3.8, 4) is 0 Å². The van der Waals surface area contributed by atoms with Crippen molar-refractivity contribution in [1.29, 1.82) is 0 Å². The van der Waals surface area contributed by atoms with Gasteiger partial charge in [-0.1, -0.05) is 18.2 Å². The van der Waals surface area contributed by atoms with Gasteiger partial charge in [0.15, 0.2) is 0 Å². The van der Waals surface area contributed by atoms with E-state index >= 15 is 0 Å². The SMILES string of the molecule is COC1CCN(C(CN)c2ccc(C)c(C)c2)CC1. The topological polar surface area (TPSA) is 38.5 Å². The first-order valence-electron chi connectivity index (χ1n) is 7.19. The lowest BCUT2D eigenvalue weighted by atomic mass is 9.97. The molecule has 0 spiro atoms. The second-order valence-corrected chi connectivity index (χ2v) is 5.57. The summed E-state index contributed by atoms with van der Waals surface area (Å²) in [5, 5.41) is 0. The average Bonchev–Trinajstić information content (AvgIpc) is 2.44. The Labute approximate surface area is 116 Å². The summed E-state index contributed by atoms with van der Waals surface area (Å²) in [7, 11) is 1.81. The molecule has 1 aliphatic rings. The number of methoxy groups -OCH3 is 1. The van der Waals surface area contributed by atoms with Crippen molar-refractivity contribution < 1.29 is 4.74 Å². The molecule has 0 saturated carbocycles. The van der Waals surface area contributed by atoms with Gasteiger partial charge in [-0.15, -0.1) is 0 Å². The zero-order valence-electron chi connectivity index (χ0n) is 12.4. The van der Waals surface area contributed by atoms with Crippen molar-refractivity contribution in [2.24, 2.45) is 5.73 Å². The van der Waals surface area contributed by atoms with Crippen molar-refractivity contribution in [1.82, 2.24) is 4.90 Å². The Bertz CT molecular complexity index is 411. The summed E-state index contributed by atoms with van der Waals surface area (Å²) in [4.78, 5) is 2.50. The van der Waals surface area contributed by atoms with Gasteiger partial charge in [-0.25, -0.2) is 0 Å². The summed E-state index contributed by atoms with van der Waals surface area (Å²) in [6.45, 7) is 7.16. The molecule has 0 aromatic heterocycles. The Morgan fingerprint density at radius 3 is 2.47 bits per heavy atom. The van der Waals surface area contributed by atoms with Crippen LogP contribution in [0, 0.1) is 13.8 Å². The van der Waals surface area contributed by atoms with Gasteiger partial charge in [-0.05, 0) is 43.4 Å². The second kappa shape index (κ2) is 6.51. The first-order chi connectivity index (χ1) is 9.15. The maximum Gasteiger partial charge on any atom is 0.0595 e. The van der Waals surface area contributed by atoms with Crippen LogP contribution < -0.4 is 5.73 Å². The molecule has 106 valence electrons. The molecule has 2 rings (SSSR count). The highest BCUT2D eigenvalue weighted by atomic mass is 16.5. The van der Waals surface area contributed by atoms with Gasteiger partial charge in [-0.3, -0.25) is 4.90 Å². The fourth-order valence-corrected chi connectivity index (χ4v) is 2.89. The van der Waals surface area contributed by atoms with Crippen molar-refractivity contribution in [3.05, 3.63) is 34.9 Å². The Hall–Kier alpha value is -0.900. The molecular formula is C16H26N2O. The second-order valence-electron chi connectivity index (χ2n) is 5.57.